The highest BCUT2D eigenvalue weighted by Gasteiger charge is 2.13. The average Bonchev–Trinajstić information content (AvgIpc) is 2.45. The van der Waals surface area contributed by atoms with E-state index in [-0.39, 0.29) is 22.8 Å². The molecule has 7 heteroatoms. The lowest BCUT2D eigenvalue weighted by Gasteiger charge is -1.90. The minimum atomic E-state index is -0.594. The Morgan fingerprint density at radius 2 is 2.58 bits per heavy atom. The lowest BCUT2D eigenvalue weighted by Crippen LogP contribution is -2.00. The zero-order valence-electron chi connectivity index (χ0n) is 5.95. The van der Waals surface area contributed by atoms with Crippen molar-refractivity contribution in [3.63, 3.8) is 0 Å². The molecule has 1 heterocycles. The summed E-state index contributed by atoms with van der Waals surface area (Å²) < 4.78 is 17.7. The summed E-state index contributed by atoms with van der Waals surface area (Å²) in [5.74, 6) is -0.594. The molecule has 0 atom stereocenters. The molecule has 0 aliphatic carbocycles. The van der Waals surface area contributed by atoms with Gasteiger partial charge in [-0.2, -0.15) is 0 Å². The first kappa shape index (κ1) is 9.53. The van der Waals surface area contributed by atoms with E-state index < -0.39 is 5.97 Å². The molecule has 0 bridgehead atoms. The molecule has 0 radical (unpaired) electrons. The Morgan fingerprint density at radius 1 is 1.92 bits per heavy atom. The van der Waals surface area contributed by atoms with Crippen LogP contribution in [0.4, 0.5) is 3.89 Å². The molecule has 1 aromatic rings. The third-order valence-electron chi connectivity index (χ3n) is 1.10. The fraction of sp³-hybridized carbons (Fsp3) is 0.200. The van der Waals surface area contributed by atoms with Gasteiger partial charge in [-0.3, -0.25) is 0 Å². The molecule has 0 spiro atoms. The highest BCUT2D eigenvalue weighted by atomic mass is 79.9. The van der Waals surface area contributed by atoms with Crippen LogP contribution in [0, 0.1) is 0 Å². The van der Waals surface area contributed by atoms with Crippen molar-refractivity contribution in [3.05, 3.63) is 16.6 Å². The summed E-state index contributed by atoms with van der Waals surface area (Å²) in [5.41, 5.74) is 0.0644. The van der Waals surface area contributed by atoms with Crippen LogP contribution in [0.3, 0.4) is 0 Å². The molecule has 0 aromatic carbocycles. The van der Waals surface area contributed by atoms with Crippen molar-refractivity contribution < 1.29 is 13.4 Å². The van der Waals surface area contributed by atoms with Crippen molar-refractivity contribution in [2.45, 2.75) is 0 Å². The molecule has 0 saturated heterocycles. The van der Waals surface area contributed by atoms with Crippen LogP contribution in [0.25, 0.3) is 0 Å². The van der Waals surface area contributed by atoms with Gasteiger partial charge in [0, 0.05) is 0 Å². The van der Waals surface area contributed by atoms with Crippen molar-refractivity contribution in [3.8, 4) is 0 Å². The lowest BCUT2D eigenvalue weighted by molar-refractivity contribution is 0.0594. The maximum absolute atomic E-state index is 12.0. The molecule has 0 unspecified atom stereocenters. The summed E-state index contributed by atoms with van der Waals surface area (Å²) >= 11 is 2.90. The topological polar surface area (TPSA) is 44.1 Å². The van der Waals surface area contributed by atoms with Crippen LogP contribution in [-0.2, 0) is 4.74 Å². The van der Waals surface area contributed by atoms with E-state index >= 15 is 0 Å². The summed E-state index contributed by atoms with van der Waals surface area (Å²) in [7, 11) is 1.23. The fourth-order valence-electron chi connectivity index (χ4n) is 0.593. The number of carbonyl (C=O) groups is 1. The average molecular weight is 255 g/mol. The Bertz CT molecular complexity index is 304. The molecule has 0 amide bonds. The van der Waals surface area contributed by atoms with E-state index in [9.17, 15) is 8.68 Å². The number of methoxy groups -OCH3 is 1. The van der Waals surface area contributed by atoms with Gasteiger partial charge in [0.2, 0.25) is 0 Å². The molecule has 0 fully saturated rings. The number of nitrogens with zero attached hydrogens (tertiary/aromatic N) is 2. The third kappa shape index (κ3) is 1.78. The number of carbonyl (C=O) groups excluding carboxylic acids is 1. The number of hydrogen-bond donors (Lipinski definition) is 0. The van der Waals surface area contributed by atoms with E-state index in [4.69, 9.17) is 0 Å². The molecular weight excluding hydrogens is 251 g/mol. The van der Waals surface area contributed by atoms with E-state index in [0.29, 0.717) is 0 Å². The Morgan fingerprint density at radius 3 is 3.00 bits per heavy atom. The number of ether oxygens (including phenoxy) is 1. The first-order valence-corrected chi connectivity index (χ1v) is 4.28. The Labute approximate surface area is 80.7 Å². The van der Waals surface area contributed by atoms with Gasteiger partial charge in [0.15, 0.2) is 22.8 Å². The second-order valence-electron chi connectivity index (χ2n) is 1.78. The van der Waals surface area contributed by atoms with Crippen LogP contribution in [0.1, 0.15) is 10.5 Å². The van der Waals surface area contributed by atoms with E-state index in [1.807, 2.05) is 0 Å². The molecule has 0 aliphatic heterocycles. The summed E-state index contributed by atoms with van der Waals surface area (Å²) in [5, 5.41) is 0. The standard InChI is InChI=1S/C5H4BrFN2O2S/c1-11-4(10)3-2-9(12-7)5(6)8-3/h2H,1H3. The first-order valence-electron chi connectivity index (χ1n) is 2.81. The predicted octanol–water partition coefficient (Wildman–Crippen LogP) is 1.81. The largest absolute Gasteiger partial charge is 0.464 e. The van der Waals surface area contributed by atoms with E-state index in [1.54, 1.807) is 0 Å². The minimum Gasteiger partial charge on any atom is -0.464 e. The third-order valence-corrected chi connectivity index (χ3v) is 2.32. The van der Waals surface area contributed by atoms with Crippen molar-refractivity contribution in [2.75, 3.05) is 7.11 Å². The zero-order chi connectivity index (χ0) is 9.14. The molecule has 0 aliphatic rings. The summed E-state index contributed by atoms with van der Waals surface area (Å²) in [6.45, 7) is 0. The first-order chi connectivity index (χ1) is 5.69. The molecule has 1 aromatic heterocycles. The minimum absolute atomic E-state index is 0.0563. The van der Waals surface area contributed by atoms with Crippen LogP contribution in [0.15, 0.2) is 10.9 Å². The van der Waals surface area contributed by atoms with Gasteiger partial charge >= 0.3 is 5.97 Å². The summed E-state index contributed by atoms with van der Waals surface area (Å²) in [6, 6.07) is 0. The van der Waals surface area contributed by atoms with Gasteiger partial charge < -0.3 is 4.74 Å². The van der Waals surface area contributed by atoms with Crippen molar-refractivity contribution >= 4 is 34.2 Å². The van der Waals surface area contributed by atoms with Gasteiger partial charge in [0.1, 0.15) is 0 Å². The van der Waals surface area contributed by atoms with Crippen LogP contribution >= 0.6 is 28.3 Å². The maximum atomic E-state index is 12.0. The highest BCUT2D eigenvalue weighted by molar-refractivity contribution is 9.10. The SMILES string of the molecule is COC(=O)c1cn(SF)c(Br)n1. The van der Waals surface area contributed by atoms with Gasteiger partial charge in [0.25, 0.3) is 0 Å². The summed E-state index contributed by atoms with van der Waals surface area (Å²) in [4.78, 5) is 14.5. The van der Waals surface area contributed by atoms with Crippen LogP contribution in [-0.4, -0.2) is 22.0 Å². The van der Waals surface area contributed by atoms with Gasteiger partial charge in [0.05, 0.1) is 13.3 Å². The van der Waals surface area contributed by atoms with Gasteiger partial charge in [-0.25, -0.2) is 13.8 Å². The molecule has 12 heavy (non-hydrogen) atoms. The van der Waals surface area contributed by atoms with Gasteiger partial charge in [-0.1, -0.05) is 0 Å². The van der Waals surface area contributed by atoms with Gasteiger partial charge in [-0.05, 0) is 15.9 Å². The fourth-order valence-corrected chi connectivity index (χ4v) is 1.29. The van der Waals surface area contributed by atoms with Crippen LogP contribution in [0.2, 0.25) is 0 Å². The zero-order valence-corrected chi connectivity index (χ0v) is 8.35. The van der Waals surface area contributed by atoms with Gasteiger partial charge in [-0.15, -0.1) is 3.89 Å². The van der Waals surface area contributed by atoms with E-state index in [1.165, 1.54) is 13.3 Å². The molecule has 0 saturated carbocycles. The molecule has 0 N–H and O–H groups in total. The van der Waals surface area contributed by atoms with Crippen LogP contribution in [0.5, 0.6) is 0 Å². The molecule has 66 valence electrons. The Hall–Kier alpha value is -0.560. The maximum Gasteiger partial charge on any atom is 0.358 e. The van der Waals surface area contributed by atoms with Crippen LogP contribution < -0.4 is 0 Å². The quantitative estimate of drug-likeness (QED) is 0.756. The Kier molecular flexibility index (Phi) is 3.10. The molecular formula is C5H4BrFN2O2S. The Balaban J connectivity index is 2.96. The lowest BCUT2D eigenvalue weighted by atomic mass is 10.5. The van der Waals surface area contributed by atoms with Crippen molar-refractivity contribution in [1.29, 1.82) is 0 Å². The monoisotopic (exact) mass is 254 g/mol. The number of hydrogen-bond acceptors (Lipinski definition) is 4. The number of rotatable bonds is 2. The normalized spacial score (nSPS) is 9.92. The number of halogens is 2. The van der Waals surface area contributed by atoms with E-state index in [2.05, 4.69) is 25.7 Å². The second-order valence-corrected chi connectivity index (χ2v) is 3.02. The van der Waals surface area contributed by atoms with E-state index in [0.717, 1.165) is 3.97 Å². The number of aromatic nitrogens is 2. The predicted molar refractivity (Wildman–Crippen MR) is 45.4 cm³/mol. The number of imidazole rings is 1. The summed E-state index contributed by atoms with van der Waals surface area (Å²) in [6.07, 6.45) is 1.24. The second kappa shape index (κ2) is 3.90. The van der Waals surface area contributed by atoms with Crippen molar-refractivity contribution in [2.24, 2.45) is 0 Å². The smallest absolute Gasteiger partial charge is 0.358 e. The van der Waals surface area contributed by atoms with Crippen molar-refractivity contribution in [1.82, 2.24) is 8.96 Å². The molecule has 1 rings (SSSR count). The molecule has 4 nitrogen and oxygen atoms in total. The number of esters is 1. The highest BCUT2D eigenvalue weighted by Crippen LogP contribution is 2.18.